The van der Waals surface area contributed by atoms with Crippen molar-refractivity contribution in [3.8, 4) is 6.07 Å². The highest BCUT2D eigenvalue weighted by atomic mass is 79.9. The minimum absolute atomic E-state index is 0.0522. The van der Waals surface area contributed by atoms with E-state index in [1.807, 2.05) is 6.07 Å². The standard InChI is InChI=1S/C14H12BrN3O/c15-10-4-3-9(14(17)19)13-12(10)8-2-1-7(6-16)5-11(8)18-13/h3-4,7,18H,1-2,5H2,(H2,17,19). The van der Waals surface area contributed by atoms with Crippen LogP contribution in [-0.4, -0.2) is 10.9 Å². The number of carbonyl (C=O) groups is 1. The number of nitrogens with two attached hydrogens (primary N) is 1. The summed E-state index contributed by atoms with van der Waals surface area (Å²) in [5.74, 6) is -0.385. The zero-order chi connectivity index (χ0) is 13.6. The molecule has 1 aromatic carbocycles. The zero-order valence-corrected chi connectivity index (χ0v) is 11.8. The number of aromatic amines is 1. The van der Waals surface area contributed by atoms with E-state index in [1.54, 1.807) is 6.07 Å². The van der Waals surface area contributed by atoms with Crippen molar-refractivity contribution in [3.63, 3.8) is 0 Å². The monoisotopic (exact) mass is 317 g/mol. The summed E-state index contributed by atoms with van der Waals surface area (Å²) in [5.41, 5.74) is 8.96. The molecule has 0 aliphatic heterocycles. The molecule has 1 aliphatic rings. The molecule has 96 valence electrons. The molecule has 0 fully saturated rings. The van der Waals surface area contributed by atoms with Gasteiger partial charge in [-0.2, -0.15) is 5.26 Å². The number of nitrogens with zero attached hydrogens (tertiary/aromatic N) is 1. The van der Waals surface area contributed by atoms with Gasteiger partial charge in [-0.3, -0.25) is 4.79 Å². The van der Waals surface area contributed by atoms with Crippen LogP contribution < -0.4 is 5.73 Å². The van der Waals surface area contributed by atoms with Gasteiger partial charge in [0, 0.05) is 22.0 Å². The Morgan fingerprint density at radius 1 is 1.53 bits per heavy atom. The van der Waals surface area contributed by atoms with Crippen LogP contribution in [0, 0.1) is 17.2 Å². The number of aryl methyl sites for hydroxylation is 1. The van der Waals surface area contributed by atoms with E-state index in [2.05, 4.69) is 27.0 Å². The number of halogens is 1. The molecule has 1 aromatic heterocycles. The first kappa shape index (κ1) is 12.2. The maximum Gasteiger partial charge on any atom is 0.250 e. The zero-order valence-electron chi connectivity index (χ0n) is 10.2. The molecule has 1 heterocycles. The molecule has 3 N–H and O–H groups in total. The average molecular weight is 318 g/mol. The summed E-state index contributed by atoms with van der Waals surface area (Å²) in [6.45, 7) is 0. The van der Waals surface area contributed by atoms with Gasteiger partial charge in [-0.1, -0.05) is 15.9 Å². The van der Waals surface area contributed by atoms with Gasteiger partial charge in [0.25, 0.3) is 5.91 Å². The number of aromatic nitrogens is 1. The molecule has 1 atom stereocenters. The second-order valence-corrected chi connectivity index (χ2v) is 5.71. The Hall–Kier alpha value is -1.80. The van der Waals surface area contributed by atoms with Gasteiger partial charge in [-0.05, 0) is 30.5 Å². The smallest absolute Gasteiger partial charge is 0.250 e. The Morgan fingerprint density at radius 2 is 2.32 bits per heavy atom. The van der Waals surface area contributed by atoms with Gasteiger partial charge in [-0.25, -0.2) is 0 Å². The van der Waals surface area contributed by atoms with Crippen molar-refractivity contribution in [2.75, 3.05) is 0 Å². The van der Waals surface area contributed by atoms with E-state index in [1.165, 1.54) is 5.56 Å². The first-order valence-corrected chi connectivity index (χ1v) is 6.92. The van der Waals surface area contributed by atoms with Gasteiger partial charge < -0.3 is 10.7 Å². The van der Waals surface area contributed by atoms with Crippen LogP contribution in [0.5, 0.6) is 0 Å². The number of nitrogens with one attached hydrogen (secondary N) is 1. The van der Waals surface area contributed by atoms with Crippen molar-refractivity contribution < 1.29 is 4.79 Å². The minimum Gasteiger partial charge on any atom is -0.366 e. The highest BCUT2D eigenvalue weighted by molar-refractivity contribution is 9.10. The number of carbonyl (C=O) groups excluding carboxylic acids is 1. The summed E-state index contributed by atoms with van der Waals surface area (Å²) in [5, 5.41) is 10.1. The number of benzene rings is 1. The molecule has 0 bridgehead atoms. The van der Waals surface area contributed by atoms with Gasteiger partial charge in [-0.15, -0.1) is 0 Å². The Labute approximate surface area is 118 Å². The van der Waals surface area contributed by atoms with Crippen molar-refractivity contribution in [3.05, 3.63) is 33.4 Å². The normalized spacial score (nSPS) is 18.0. The van der Waals surface area contributed by atoms with E-state index in [9.17, 15) is 4.79 Å². The summed E-state index contributed by atoms with van der Waals surface area (Å²) < 4.78 is 0.959. The van der Waals surface area contributed by atoms with Crippen LogP contribution in [0.3, 0.4) is 0 Å². The predicted octanol–water partition coefficient (Wildman–Crippen LogP) is 2.66. The van der Waals surface area contributed by atoms with Crippen LogP contribution in [-0.2, 0) is 12.8 Å². The fraction of sp³-hybridized carbons (Fsp3) is 0.286. The average Bonchev–Trinajstić information content (AvgIpc) is 2.77. The number of nitriles is 1. The fourth-order valence-electron chi connectivity index (χ4n) is 2.81. The SMILES string of the molecule is N#CC1CCc2c([nH]c3c(C(N)=O)ccc(Br)c23)C1. The van der Waals surface area contributed by atoms with Crippen molar-refractivity contribution in [1.82, 2.24) is 4.98 Å². The van der Waals surface area contributed by atoms with E-state index < -0.39 is 5.91 Å². The Morgan fingerprint density at radius 3 is 3.00 bits per heavy atom. The van der Waals surface area contributed by atoms with Gasteiger partial charge >= 0.3 is 0 Å². The molecule has 1 amide bonds. The number of rotatable bonds is 1. The molecule has 1 unspecified atom stereocenters. The topological polar surface area (TPSA) is 82.7 Å². The van der Waals surface area contributed by atoms with E-state index >= 15 is 0 Å². The van der Waals surface area contributed by atoms with Crippen LogP contribution in [0.4, 0.5) is 0 Å². The predicted molar refractivity (Wildman–Crippen MR) is 75.6 cm³/mol. The first-order chi connectivity index (χ1) is 9.11. The van der Waals surface area contributed by atoms with Crippen molar-refractivity contribution in [1.29, 1.82) is 5.26 Å². The van der Waals surface area contributed by atoms with Crippen LogP contribution in [0.25, 0.3) is 10.9 Å². The summed E-state index contributed by atoms with van der Waals surface area (Å²) in [7, 11) is 0. The maximum absolute atomic E-state index is 11.5. The van der Waals surface area contributed by atoms with Crippen molar-refractivity contribution in [2.24, 2.45) is 11.7 Å². The third-order valence-electron chi connectivity index (χ3n) is 3.74. The molecule has 0 saturated heterocycles. The van der Waals surface area contributed by atoms with E-state index in [0.717, 1.165) is 33.9 Å². The molecule has 0 spiro atoms. The van der Waals surface area contributed by atoms with Crippen LogP contribution >= 0.6 is 15.9 Å². The summed E-state index contributed by atoms with van der Waals surface area (Å²) >= 11 is 3.53. The number of primary amides is 1. The minimum atomic E-state index is -0.437. The Balaban J connectivity index is 2.28. The lowest BCUT2D eigenvalue weighted by Crippen LogP contribution is -2.11. The Kier molecular flexibility index (Phi) is 2.83. The third-order valence-corrected chi connectivity index (χ3v) is 4.40. The largest absolute Gasteiger partial charge is 0.366 e. The lowest BCUT2D eigenvalue weighted by Gasteiger charge is -2.16. The summed E-state index contributed by atoms with van der Waals surface area (Å²) in [4.78, 5) is 14.8. The van der Waals surface area contributed by atoms with Gasteiger partial charge in [0.15, 0.2) is 0 Å². The van der Waals surface area contributed by atoms with Crippen molar-refractivity contribution in [2.45, 2.75) is 19.3 Å². The van der Waals surface area contributed by atoms with E-state index in [-0.39, 0.29) is 5.92 Å². The number of amides is 1. The lowest BCUT2D eigenvalue weighted by atomic mass is 9.88. The summed E-state index contributed by atoms with van der Waals surface area (Å²) in [6, 6.07) is 5.89. The number of H-pyrrole nitrogens is 1. The molecule has 5 heteroatoms. The third kappa shape index (κ3) is 1.83. The van der Waals surface area contributed by atoms with Crippen LogP contribution in [0.15, 0.2) is 16.6 Å². The molecule has 1 aliphatic carbocycles. The number of fused-ring (bicyclic) bond motifs is 3. The second-order valence-electron chi connectivity index (χ2n) is 4.86. The number of hydrogen-bond acceptors (Lipinski definition) is 2. The van der Waals surface area contributed by atoms with E-state index in [4.69, 9.17) is 11.0 Å². The van der Waals surface area contributed by atoms with E-state index in [0.29, 0.717) is 12.0 Å². The molecule has 0 radical (unpaired) electrons. The molecule has 4 nitrogen and oxygen atoms in total. The molecular weight excluding hydrogens is 306 g/mol. The number of hydrogen-bond donors (Lipinski definition) is 2. The van der Waals surface area contributed by atoms with Crippen LogP contribution in [0.2, 0.25) is 0 Å². The first-order valence-electron chi connectivity index (χ1n) is 6.13. The fourth-order valence-corrected chi connectivity index (χ4v) is 3.38. The second kappa shape index (κ2) is 4.39. The molecule has 19 heavy (non-hydrogen) atoms. The Bertz CT molecular complexity index is 726. The molecule has 2 aromatic rings. The van der Waals surface area contributed by atoms with Crippen LogP contribution in [0.1, 0.15) is 28.0 Å². The van der Waals surface area contributed by atoms with Gasteiger partial charge in [0.05, 0.1) is 23.1 Å². The lowest BCUT2D eigenvalue weighted by molar-refractivity contribution is 0.100. The molecule has 0 saturated carbocycles. The highest BCUT2D eigenvalue weighted by Gasteiger charge is 2.24. The van der Waals surface area contributed by atoms with Gasteiger partial charge in [0.1, 0.15) is 0 Å². The quantitative estimate of drug-likeness (QED) is 0.847. The van der Waals surface area contributed by atoms with Gasteiger partial charge in [0.2, 0.25) is 0 Å². The van der Waals surface area contributed by atoms with Crippen molar-refractivity contribution >= 4 is 32.7 Å². The molecular formula is C14H12BrN3O. The maximum atomic E-state index is 11.5. The highest BCUT2D eigenvalue weighted by Crippen LogP contribution is 2.36. The molecule has 3 rings (SSSR count). The summed E-state index contributed by atoms with van der Waals surface area (Å²) in [6.07, 6.45) is 2.43.